The van der Waals surface area contributed by atoms with E-state index in [0.29, 0.717) is 34.9 Å². The lowest BCUT2D eigenvalue weighted by molar-refractivity contribution is 0.475. The van der Waals surface area contributed by atoms with E-state index in [1.165, 1.54) is 6.20 Å². The predicted molar refractivity (Wildman–Crippen MR) is 119 cm³/mol. The van der Waals surface area contributed by atoms with Crippen molar-refractivity contribution in [2.75, 3.05) is 6.54 Å². The molecule has 0 fully saturated rings. The number of phenols is 1. The molecular weight excluding hydrogens is 388 g/mol. The molecule has 3 aromatic carbocycles. The fourth-order valence-corrected chi connectivity index (χ4v) is 3.29. The first-order valence-electron chi connectivity index (χ1n) is 9.80. The van der Waals surface area contributed by atoms with Crippen LogP contribution >= 0.6 is 0 Å². The van der Waals surface area contributed by atoms with Gasteiger partial charge in [-0.15, -0.1) is 0 Å². The summed E-state index contributed by atoms with van der Waals surface area (Å²) in [6, 6.07) is 24.2. The fraction of sp³-hybridized carbons (Fsp3) is 0.0800. The lowest BCUT2D eigenvalue weighted by atomic mass is 10.0. The van der Waals surface area contributed by atoms with Gasteiger partial charge in [0.15, 0.2) is 0 Å². The number of rotatable bonds is 6. The Hall–Kier alpha value is -4.21. The second-order valence-electron chi connectivity index (χ2n) is 6.95. The number of nitrogens with two attached hydrogens (primary N) is 1. The number of ether oxygens (including phenoxy) is 1. The number of para-hydroxylation sites is 1. The third-order valence-electron chi connectivity index (χ3n) is 4.85. The molecule has 0 spiro atoms. The molecule has 0 saturated heterocycles. The summed E-state index contributed by atoms with van der Waals surface area (Å²) in [5.74, 6) is 1.09. The van der Waals surface area contributed by atoms with Gasteiger partial charge in [0.25, 0.3) is 0 Å². The number of hydrogen-bond acceptors (Lipinski definition) is 6. The van der Waals surface area contributed by atoms with Gasteiger partial charge in [-0.2, -0.15) is 15.5 Å². The van der Waals surface area contributed by atoms with Crippen LogP contribution in [0, 0.1) is 11.3 Å². The summed E-state index contributed by atoms with van der Waals surface area (Å²) < 4.78 is 6.13. The summed E-state index contributed by atoms with van der Waals surface area (Å²) >= 11 is 0. The van der Waals surface area contributed by atoms with Crippen molar-refractivity contribution >= 4 is 0 Å². The van der Waals surface area contributed by atoms with Crippen molar-refractivity contribution in [3.63, 3.8) is 0 Å². The number of benzene rings is 3. The third kappa shape index (κ3) is 4.53. The summed E-state index contributed by atoms with van der Waals surface area (Å²) in [7, 11) is 0. The van der Waals surface area contributed by atoms with E-state index in [-0.39, 0.29) is 5.75 Å². The Morgan fingerprint density at radius 2 is 1.77 bits per heavy atom. The Morgan fingerprint density at radius 3 is 2.52 bits per heavy atom. The molecule has 6 nitrogen and oxygen atoms in total. The summed E-state index contributed by atoms with van der Waals surface area (Å²) in [5, 5.41) is 27.6. The van der Waals surface area contributed by atoms with Gasteiger partial charge in [0.2, 0.25) is 0 Å². The molecule has 1 aromatic heterocycles. The average Bonchev–Trinajstić information content (AvgIpc) is 2.80. The maximum absolute atomic E-state index is 10.1. The molecule has 152 valence electrons. The highest BCUT2D eigenvalue weighted by molar-refractivity contribution is 5.73. The van der Waals surface area contributed by atoms with Crippen molar-refractivity contribution in [3.05, 3.63) is 90.1 Å². The van der Waals surface area contributed by atoms with Gasteiger partial charge in [-0.1, -0.05) is 36.4 Å². The van der Waals surface area contributed by atoms with Crippen LogP contribution in [0.1, 0.15) is 11.1 Å². The number of aromatic hydroxyl groups is 1. The summed E-state index contributed by atoms with van der Waals surface area (Å²) in [4.78, 5) is 0. The molecule has 0 aliphatic carbocycles. The van der Waals surface area contributed by atoms with Gasteiger partial charge in [-0.05, 0) is 54.4 Å². The number of phenolic OH excluding ortho intramolecular Hbond substituents is 1. The predicted octanol–water partition coefficient (Wildman–Crippen LogP) is 4.68. The number of aromatic nitrogens is 2. The molecule has 0 bridgehead atoms. The van der Waals surface area contributed by atoms with E-state index in [4.69, 9.17) is 10.5 Å². The second kappa shape index (κ2) is 9.08. The van der Waals surface area contributed by atoms with Crippen molar-refractivity contribution < 1.29 is 9.84 Å². The monoisotopic (exact) mass is 408 g/mol. The first-order chi connectivity index (χ1) is 15.2. The highest BCUT2D eigenvalue weighted by Gasteiger charge is 2.12. The Kier molecular flexibility index (Phi) is 5.88. The van der Waals surface area contributed by atoms with Gasteiger partial charge in [0, 0.05) is 17.2 Å². The average molecular weight is 408 g/mol. The Morgan fingerprint density at radius 1 is 0.968 bits per heavy atom. The molecular formula is C25H20N4O2. The number of nitrogens with zero attached hydrogens (tertiary/aromatic N) is 3. The standard InChI is InChI=1S/C25H20N4O2/c26-12-11-17-5-8-19(9-6-17)21-10-7-18(15-27)13-25(21)31-20-14-23(29-28-16-20)22-3-1-2-4-24(22)30/h1-10,13-14,16,30H,11-12,26H2. The Balaban J connectivity index is 1.71. The molecule has 6 heteroatoms. The van der Waals surface area contributed by atoms with E-state index in [1.54, 1.807) is 36.4 Å². The van der Waals surface area contributed by atoms with E-state index < -0.39 is 0 Å². The molecule has 4 rings (SSSR count). The van der Waals surface area contributed by atoms with E-state index in [0.717, 1.165) is 23.1 Å². The molecule has 0 radical (unpaired) electrons. The van der Waals surface area contributed by atoms with Crippen LogP contribution in [0.3, 0.4) is 0 Å². The van der Waals surface area contributed by atoms with Crippen LogP contribution in [-0.2, 0) is 6.42 Å². The quantitative estimate of drug-likeness (QED) is 0.480. The van der Waals surface area contributed by atoms with Gasteiger partial charge in [-0.25, -0.2) is 0 Å². The lowest BCUT2D eigenvalue weighted by Crippen LogP contribution is -2.02. The van der Waals surface area contributed by atoms with E-state index in [2.05, 4.69) is 16.3 Å². The van der Waals surface area contributed by atoms with Crippen LogP contribution in [0.15, 0.2) is 79.0 Å². The SMILES string of the molecule is N#Cc1ccc(-c2ccc(CCN)cc2)c(Oc2cnnc(-c3ccccc3O)c2)c1. The molecule has 0 amide bonds. The number of hydrogen-bond donors (Lipinski definition) is 2. The normalized spacial score (nSPS) is 10.5. The van der Waals surface area contributed by atoms with Gasteiger partial charge in [-0.3, -0.25) is 0 Å². The summed E-state index contributed by atoms with van der Waals surface area (Å²) in [5.41, 5.74) is 10.1. The molecule has 0 saturated carbocycles. The maximum Gasteiger partial charge on any atom is 0.149 e. The molecule has 3 N–H and O–H groups in total. The zero-order valence-electron chi connectivity index (χ0n) is 16.7. The number of nitriles is 1. The Labute approximate surface area is 180 Å². The van der Waals surface area contributed by atoms with E-state index >= 15 is 0 Å². The lowest BCUT2D eigenvalue weighted by Gasteiger charge is -2.13. The van der Waals surface area contributed by atoms with Gasteiger partial charge in [0.1, 0.15) is 22.9 Å². The van der Waals surface area contributed by atoms with Crippen molar-refractivity contribution in [3.8, 4) is 45.7 Å². The van der Waals surface area contributed by atoms with E-state index in [1.807, 2.05) is 36.4 Å². The molecule has 0 atom stereocenters. The van der Waals surface area contributed by atoms with Crippen LogP contribution in [0.2, 0.25) is 0 Å². The second-order valence-corrected chi connectivity index (χ2v) is 6.95. The molecule has 31 heavy (non-hydrogen) atoms. The van der Waals surface area contributed by atoms with E-state index in [9.17, 15) is 10.4 Å². The van der Waals surface area contributed by atoms with Crippen LogP contribution < -0.4 is 10.5 Å². The zero-order valence-corrected chi connectivity index (χ0v) is 16.7. The minimum Gasteiger partial charge on any atom is -0.507 e. The van der Waals surface area contributed by atoms with Crippen molar-refractivity contribution in [1.29, 1.82) is 5.26 Å². The first kappa shape index (κ1) is 20.1. The van der Waals surface area contributed by atoms with Crippen LogP contribution in [-0.4, -0.2) is 21.8 Å². The van der Waals surface area contributed by atoms with Crippen LogP contribution in [0.25, 0.3) is 22.4 Å². The molecule has 1 heterocycles. The molecule has 0 aliphatic rings. The molecule has 0 unspecified atom stereocenters. The summed E-state index contributed by atoms with van der Waals surface area (Å²) in [6.45, 7) is 0.596. The zero-order chi connectivity index (χ0) is 21.6. The van der Waals surface area contributed by atoms with Crippen molar-refractivity contribution in [2.45, 2.75) is 6.42 Å². The van der Waals surface area contributed by atoms with Gasteiger partial charge in [0.05, 0.1) is 17.8 Å². The first-order valence-corrected chi connectivity index (χ1v) is 9.80. The largest absolute Gasteiger partial charge is 0.507 e. The minimum absolute atomic E-state index is 0.110. The van der Waals surface area contributed by atoms with Gasteiger partial charge < -0.3 is 15.6 Å². The maximum atomic E-state index is 10.1. The topological polar surface area (TPSA) is 105 Å². The van der Waals surface area contributed by atoms with Crippen molar-refractivity contribution in [2.24, 2.45) is 5.73 Å². The highest BCUT2D eigenvalue weighted by Crippen LogP contribution is 2.36. The fourth-order valence-electron chi connectivity index (χ4n) is 3.29. The highest BCUT2D eigenvalue weighted by atomic mass is 16.5. The molecule has 0 aliphatic heterocycles. The van der Waals surface area contributed by atoms with Crippen molar-refractivity contribution in [1.82, 2.24) is 10.2 Å². The van der Waals surface area contributed by atoms with Crippen LogP contribution in [0.4, 0.5) is 0 Å². The third-order valence-corrected chi connectivity index (χ3v) is 4.85. The Bertz CT molecular complexity index is 1250. The minimum atomic E-state index is 0.110. The molecule has 4 aromatic rings. The smallest absolute Gasteiger partial charge is 0.149 e. The van der Waals surface area contributed by atoms with Gasteiger partial charge >= 0.3 is 0 Å². The summed E-state index contributed by atoms with van der Waals surface area (Å²) in [6.07, 6.45) is 2.31. The van der Waals surface area contributed by atoms with Crippen LogP contribution in [0.5, 0.6) is 17.2 Å².